The lowest BCUT2D eigenvalue weighted by molar-refractivity contribution is 0.193. The fraction of sp³-hybridized carbons (Fsp3) is 0.667. The number of anilines is 2. The fourth-order valence-corrected chi connectivity index (χ4v) is 3.43. The molecule has 104 valence electrons. The van der Waals surface area contributed by atoms with Crippen LogP contribution in [0.3, 0.4) is 0 Å². The zero-order chi connectivity index (χ0) is 13.1. The number of aromatic nitrogens is 1. The average molecular weight is 260 g/mol. The van der Waals surface area contributed by atoms with Gasteiger partial charge in [0.2, 0.25) is 0 Å². The molecule has 19 heavy (non-hydrogen) atoms. The van der Waals surface area contributed by atoms with Crippen molar-refractivity contribution in [1.82, 2.24) is 9.88 Å². The molecule has 2 saturated heterocycles. The van der Waals surface area contributed by atoms with Crippen molar-refractivity contribution in [3.63, 3.8) is 0 Å². The molecular formula is C15H24N4. The van der Waals surface area contributed by atoms with Crippen LogP contribution in [0, 0.1) is 0 Å². The minimum Gasteiger partial charge on any atom is -0.381 e. The highest BCUT2D eigenvalue weighted by Crippen LogP contribution is 2.29. The highest BCUT2D eigenvalue weighted by molar-refractivity contribution is 5.52. The number of fused-ring (bicyclic) bond motifs is 1. The molecule has 3 rings (SSSR count). The second kappa shape index (κ2) is 5.78. The number of rotatable bonds is 4. The number of nitrogens with zero attached hydrogens (tertiary/aromatic N) is 2. The zero-order valence-electron chi connectivity index (χ0n) is 11.7. The van der Waals surface area contributed by atoms with Crippen LogP contribution in [0.2, 0.25) is 0 Å². The summed E-state index contributed by atoms with van der Waals surface area (Å²) in [5.74, 6) is 0.964. The predicted molar refractivity (Wildman–Crippen MR) is 79.6 cm³/mol. The Morgan fingerprint density at radius 3 is 3.16 bits per heavy atom. The molecule has 0 aromatic carbocycles. The van der Waals surface area contributed by atoms with Crippen molar-refractivity contribution in [3.8, 4) is 0 Å². The van der Waals surface area contributed by atoms with Crippen LogP contribution in [0.4, 0.5) is 11.5 Å². The van der Waals surface area contributed by atoms with Gasteiger partial charge in [0.1, 0.15) is 5.82 Å². The minimum atomic E-state index is 0.608. The van der Waals surface area contributed by atoms with E-state index in [1.54, 1.807) is 0 Å². The summed E-state index contributed by atoms with van der Waals surface area (Å²) in [4.78, 5) is 6.98. The molecule has 4 heteroatoms. The Morgan fingerprint density at radius 1 is 1.32 bits per heavy atom. The molecule has 0 spiro atoms. The molecule has 0 bridgehead atoms. The normalized spacial score (nSPS) is 27.0. The summed E-state index contributed by atoms with van der Waals surface area (Å²) in [6, 6.07) is 5.54. The van der Waals surface area contributed by atoms with Gasteiger partial charge in [0.15, 0.2) is 0 Å². The summed E-state index contributed by atoms with van der Waals surface area (Å²) in [5, 5.41) is 6.98. The summed E-state index contributed by atoms with van der Waals surface area (Å²) in [6.07, 6.45) is 7.27. The lowest BCUT2D eigenvalue weighted by Gasteiger charge is -2.33. The largest absolute Gasteiger partial charge is 0.381 e. The van der Waals surface area contributed by atoms with Crippen LogP contribution in [0.25, 0.3) is 0 Å². The third kappa shape index (κ3) is 2.84. The van der Waals surface area contributed by atoms with Gasteiger partial charge in [-0.15, -0.1) is 0 Å². The van der Waals surface area contributed by atoms with Gasteiger partial charge in [-0.05, 0) is 38.8 Å². The molecular weight excluding hydrogens is 236 g/mol. The van der Waals surface area contributed by atoms with Crippen molar-refractivity contribution in [2.24, 2.45) is 0 Å². The van der Waals surface area contributed by atoms with Gasteiger partial charge >= 0.3 is 0 Å². The van der Waals surface area contributed by atoms with E-state index in [4.69, 9.17) is 0 Å². The molecule has 4 nitrogen and oxygen atoms in total. The van der Waals surface area contributed by atoms with Crippen molar-refractivity contribution >= 4 is 11.5 Å². The standard InChI is InChI=1S/C15H24N4/c1-2-16-15-11-12(6-8-17-15)18-13-7-10-19-9-4-3-5-14(13)19/h6,8,11,13-14H,2-5,7,9-10H2,1H3,(H2,16,17,18). The van der Waals surface area contributed by atoms with E-state index < -0.39 is 0 Å². The van der Waals surface area contributed by atoms with Crippen molar-refractivity contribution in [3.05, 3.63) is 18.3 Å². The van der Waals surface area contributed by atoms with Gasteiger partial charge in [-0.1, -0.05) is 6.42 Å². The molecule has 2 aliphatic rings. The molecule has 2 N–H and O–H groups in total. The maximum Gasteiger partial charge on any atom is 0.127 e. The Hall–Kier alpha value is -1.29. The lowest BCUT2D eigenvalue weighted by atomic mass is 9.99. The van der Waals surface area contributed by atoms with Crippen LogP contribution in [-0.2, 0) is 0 Å². The molecule has 0 aliphatic carbocycles. The van der Waals surface area contributed by atoms with Gasteiger partial charge < -0.3 is 10.6 Å². The second-order valence-corrected chi connectivity index (χ2v) is 5.60. The van der Waals surface area contributed by atoms with Crippen LogP contribution >= 0.6 is 0 Å². The number of hydrogen-bond donors (Lipinski definition) is 2. The molecule has 2 atom stereocenters. The summed E-state index contributed by atoms with van der Waals surface area (Å²) >= 11 is 0. The Labute approximate surface area is 115 Å². The molecule has 2 fully saturated rings. The SMILES string of the molecule is CCNc1cc(NC2CCN3CCCCC23)ccn1. The third-order valence-corrected chi connectivity index (χ3v) is 4.33. The van der Waals surface area contributed by atoms with Gasteiger partial charge in [-0.25, -0.2) is 4.98 Å². The lowest BCUT2D eigenvalue weighted by Crippen LogP contribution is -2.41. The molecule has 2 aliphatic heterocycles. The van der Waals surface area contributed by atoms with E-state index in [0.29, 0.717) is 6.04 Å². The molecule has 1 aromatic heterocycles. The predicted octanol–water partition coefficient (Wildman–Crippen LogP) is 2.55. The van der Waals surface area contributed by atoms with Gasteiger partial charge in [-0.2, -0.15) is 0 Å². The number of piperidine rings is 1. The van der Waals surface area contributed by atoms with Crippen molar-refractivity contribution in [1.29, 1.82) is 0 Å². The molecule has 0 saturated carbocycles. The number of nitrogens with one attached hydrogen (secondary N) is 2. The summed E-state index contributed by atoms with van der Waals surface area (Å²) in [7, 11) is 0. The first-order valence-corrected chi connectivity index (χ1v) is 7.57. The minimum absolute atomic E-state index is 0.608. The summed E-state index contributed by atoms with van der Waals surface area (Å²) < 4.78 is 0. The smallest absolute Gasteiger partial charge is 0.127 e. The van der Waals surface area contributed by atoms with E-state index in [1.165, 1.54) is 44.5 Å². The van der Waals surface area contributed by atoms with Gasteiger partial charge in [0, 0.05) is 43.1 Å². The van der Waals surface area contributed by atoms with E-state index >= 15 is 0 Å². The molecule has 3 heterocycles. The summed E-state index contributed by atoms with van der Waals surface area (Å²) in [6.45, 7) is 5.56. The quantitative estimate of drug-likeness (QED) is 0.873. The average Bonchev–Trinajstić information content (AvgIpc) is 2.83. The number of hydrogen-bond acceptors (Lipinski definition) is 4. The van der Waals surface area contributed by atoms with Crippen LogP contribution in [0.5, 0.6) is 0 Å². The molecule has 1 aromatic rings. The van der Waals surface area contributed by atoms with Crippen LogP contribution < -0.4 is 10.6 Å². The van der Waals surface area contributed by atoms with Crippen LogP contribution in [0.1, 0.15) is 32.6 Å². The Bertz CT molecular complexity index is 420. The van der Waals surface area contributed by atoms with E-state index in [-0.39, 0.29) is 0 Å². The maximum absolute atomic E-state index is 4.32. The monoisotopic (exact) mass is 260 g/mol. The first-order valence-electron chi connectivity index (χ1n) is 7.57. The second-order valence-electron chi connectivity index (χ2n) is 5.60. The van der Waals surface area contributed by atoms with Crippen molar-refractivity contribution in [2.75, 3.05) is 30.3 Å². The van der Waals surface area contributed by atoms with Crippen molar-refractivity contribution in [2.45, 2.75) is 44.7 Å². The maximum atomic E-state index is 4.32. The van der Waals surface area contributed by atoms with Crippen LogP contribution in [0.15, 0.2) is 18.3 Å². The Kier molecular flexibility index (Phi) is 3.87. The fourth-order valence-electron chi connectivity index (χ4n) is 3.43. The van der Waals surface area contributed by atoms with Gasteiger partial charge in [0.05, 0.1) is 0 Å². The van der Waals surface area contributed by atoms with Crippen molar-refractivity contribution < 1.29 is 0 Å². The highest BCUT2D eigenvalue weighted by atomic mass is 15.2. The third-order valence-electron chi connectivity index (χ3n) is 4.33. The summed E-state index contributed by atoms with van der Waals surface area (Å²) in [5.41, 5.74) is 1.20. The van der Waals surface area contributed by atoms with E-state index in [2.05, 4.69) is 39.6 Å². The van der Waals surface area contributed by atoms with E-state index in [0.717, 1.165) is 18.4 Å². The van der Waals surface area contributed by atoms with E-state index in [9.17, 15) is 0 Å². The van der Waals surface area contributed by atoms with Gasteiger partial charge in [-0.3, -0.25) is 4.90 Å². The first kappa shape index (κ1) is 12.7. The zero-order valence-corrected chi connectivity index (χ0v) is 11.7. The van der Waals surface area contributed by atoms with Gasteiger partial charge in [0.25, 0.3) is 0 Å². The Morgan fingerprint density at radius 2 is 2.26 bits per heavy atom. The molecule has 0 amide bonds. The van der Waals surface area contributed by atoms with E-state index in [1.807, 2.05) is 6.20 Å². The molecule has 2 unspecified atom stereocenters. The van der Waals surface area contributed by atoms with Crippen LogP contribution in [-0.4, -0.2) is 41.6 Å². The Balaban J connectivity index is 1.66. The molecule has 0 radical (unpaired) electrons. The first-order chi connectivity index (χ1) is 9.36. The topological polar surface area (TPSA) is 40.2 Å². The number of pyridine rings is 1. The highest BCUT2D eigenvalue weighted by Gasteiger charge is 2.35.